The van der Waals surface area contributed by atoms with Crippen molar-refractivity contribution in [3.8, 4) is 0 Å². The topological polar surface area (TPSA) is 34.9 Å². The summed E-state index contributed by atoms with van der Waals surface area (Å²) in [5.41, 5.74) is 0.770. The Morgan fingerprint density at radius 3 is 3.08 bits per heavy atom. The van der Waals surface area contributed by atoms with Gasteiger partial charge in [-0.1, -0.05) is 11.6 Å². The molecule has 64 valence electrons. The summed E-state index contributed by atoms with van der Waals surface area (Å²) in [4.78, 5) is 14.0. The van der Waals surface area contributed by atoms with Gasteiger partial charge in [0.1, 0.15) is 6.29 Å². The van der Waals surface area contributed by atoms with Crippen LogP contribution in [0.25, 0.3) is 6.08 Å². The van der Waals surface area contributed by atoms with E-state index in [-0.39, 0.29) is 0 Å². The number of carbonyl (C=O) groups is 1. The third-order valence-corrected chi connectivity index (χ3v) is 1.80. The number of nitrogens with zero attached hydrogens (tertiary/aromatic N) is 2. The first-order valence-corrected chi connectivity index (χ1v) is 3.99. The summed E-state index contributed by atoms with van der Waals surface area (Å²) in [6.07, 6.45) is 5.40. The minimum atomic E-state index is 0.426. The lowest BCUT2D eigenvalue weighted by atomic mass is 10.4. The van der Waals surface area contributed by atoms with Gasteiger partial charge in [0, 0.05) is 6.54 Å². The van der Waals surface area contributed by atoms with Crippen molar-refractivity contribution < 1.29 is 4.79 Å². The van der Waals surface area contributed by atoms with Crippen molar-refractivity contribution >= 4 is 24.0 Å². The van der Waals surface area contributed by atoms with E-state index >= 15 is 0 Å². The van der Waals surface area contributed by atoms with Gasteiger partial charge in [0.15, 0.2) is 5.15 Å². The molecule has 0 saturated heterocycles. The van der Waals surface area contributed by atoms with E-state index in [4.69, 9.17) is 11.6 Å². The van der Waals surface area contributed by atoms with E-state index < -0.39 is 0 Å². The summed E-state index contributed by atoms with van der Waals surface area (Å²) < 4.78 is 1.86. The SMILES string of the molecule is CCn1cnc(Cl)c1/C=C/C=O. The molecule has 4 heteroatoms. The number of hydrogen-bond acceptors (Lipinski definition) is 2. The largest absolute Gasteiger partial charge is 0.330 e. The molecule has 0 spiro atoms. The highest BCUT2D eigenvalue weighted by Gasteiger charge is 2.02. The lowest BCUT2D eigenvalue weighted by Gasteiger charge is -1.98. The van der Waals surface area contributed by atoms with Crippen LogP contribution in [0.15, 0.2) is 12.4 Å². The number of allylic oxidation sites excluding steroid dienone is 1. The van der Waals surface area contributed by atoms with Crippen LogP contribution >= 0.6 is 11.6 Å². The third-order valence-electron chi connectivity index (χ3n) is 1.50. The molecule has 3 nitrogen and oxygen atoms in total. The predicted octanol–water partition coefficient (Wildman–Crippen LogP) is 1.77. The van der Waals surface area contributed by atoms with Crippen molar-refractivity contribution in [2.45, 2.75) is 13.5 Å². The molecule has 0 aliphatic heterocycles. The summed E-state index contributed by atoms with van der Waals surface area (Å²) in [7, 11) is 0. The van der Waals surface area contributed by atoms with Gasteiger partial charge in [-0.3, -0.25) is 4.79 Å². The number of halogens is 1. The van der Waals surface area contributed by atoms with Crippen molar-refractivity contribution in [2.24, 2.45) is 0 Å². The maximum absolute atomic E-state index is 10.1. The Balaban J connectivity index is 3.01. The standard InChI is InChI=1S/C8H9ClN2O/c1-2-11-6-10-8(9)7(11)4-3-5-12/h3-6H,2H2,1H3/b4-3+. The summed E-state index contributed by atoms with van der Waals surface area (Å²) in [6.45, 7) is 2.77. The average Bonchev–Trinajstić information content (AvgIpc) is 2.43. The fraction of sp³-hybridized carbons (Fsp3) is 0.250. The molecule has 0 radical (unpaired) electrons. The minimum Gasteiger partial charge on any atom is -0.330 e. The van der Waals surface area contributed by atoms with E-state index in [1.807, 2.05) is 11.5 Å². The number of hydrogen-bond donors (Lipinski definition) is 0. The maximum Gasteiger partial charge on any atom is 0.154 e. The fourth-order valence-corrected chi connectivity index (χ4v) is 1.13. The Labute approximate surface area is 75.7 Å². The van der Waals surface area contributed by atoms with Crippen molar-refractivity contribution in [3.05, 3.63) is 23.3 Å². The highest BCUT2D eigenvalue weighted by Crippen LogP contribution is 2.14. The molecule has 1 aromatic rings. The van der Waals surface area contributed by atoms with Crippen LogP contribution in [0.2, 0.25) is 5.15 Å². The molecular weight excluding hydrogens is 176 g/mol. The highest BCUT2D eigenvalue weighted by atomic mass is 35.5. The van der Waals surface area contributed by atoms with Crippen LogP contribution in [0.1, 0.15) is 12.6 Å². The van der Waals surface area contributed by atoms with Crippen LogP contribution in [0.5, 0.6) is 0 Å². The van der Waals surface area contributed by atoms with Gasteiger partial charge in [0.05, 0.1) is 12.0 Å². The zero-order valence-electron chi connectivity index (χ0n) is 6.70. The molecule has 0 aliphatic rings. The van der Waals surface area contributed by atoms with Crippen molar-refractivity contribution in [3.63, 3.8) is 0 Å². The van der Waals surface area contributed by atoms with Gasteiger partial charge < -0.3 is 4.57 Å². The number of aromatic nitrogens is 2. The van der Waals surface area contributed by atoms with Crippen LogP contribution in [0, 0.1) is 0 Å². The smallest absolute Gasteiger partial charge is 0.154 e. The van der Waals surface area contributed by atoms with Gasteiger partial charge in [-0.25, -0.2) is 4.98 Å². The molecular formula is C8H9ClN2O. The molecule has 0 amide bonds. The molecule has 1 aromatic heterocycles. The first-order chi connectivity index (χ1) is 5.79. The number of rotatable bonds is 3. The Morgan fingerprint density at radius 2 is 2.50 bits per heavy atom. The Hall–Kier alpha value is -1.09. The molecule has 0 saturated carbocycles. The first kappa shape index (κ1) is 9.00. The second-order valence-corrected chi connectivity index (χ2v) is 2.56. The van der Waals surface area contributed by atoms with Gasteiger partial charge in [-0.05, 0) is 19.1 Å². The second-order valence-electron chi connectivity index (χ2n) is 2.20. The van der Waals surface area contributed by atoms with Crippen molar-refractivity contribution in [2.75, 3.05) is 0 Å². The second kappa shape index (κ2) is 4.07. The van der Waals surface area contributed by atoms with Crippen molar-refractivity contribution in [1.82, 2.24) is 9.55 Å². The molecule has 0 aliphatic carbocycles. The lowest BCUT2D eigenvalue weighted by Crippen LogP contribution is -1.93. The third kappa shape index (κ3) is 1.74. The molecule has 0 unspecified atom stereocenters. The highest BCUT2D eigenvalue weighted by molar-refractivity contribution is 6.30. The summed E-state index contributed by atoms with van der Waals surface area (Å²) in [6, 6.07) is 0. The maximum atomic E-state index is 10.1. The van der Waals surface area contributed by atoms with E-state index in [1.165, 1.54) is 6.08 Å². The first-order valence-electron chi connectivity index (χ1n) is 3.62. The van der Waals surface area contributed by atoms with Crippen LogP contribution in [-0.4, -0.2) is 15.8 Å². The van der Waals surface area contributed by atoms with Gasteiger partial charge in [-0.15, -0.1) is 0 Å². The molecule has 1 heterocycles. The van der Waals surface area contributed by atoms with Crippen LogP contribution in [0.4, 0.5) is 0 Å². The normalized spacial score (nSPS) is 10.8. The minimum absolute atomic E-state index is 0.426. The zero-order valence-corrected chi connectivity index (χ0v) is 7.45. The summed E-state index contributed by atoms with van der Waals surface area (Å²) in [5.74, 6) is 0. The molecule has 1 rings (SSSR count). The zero-order chi connectivity index (χ0) is 8.97. The Morgan fingerprint density at radius 1 is 1.75 bits per heavy atom. The average molecular weight is 185 g/mol. The summed E-state index contributed by atoms with van der Waals surface area (Å²) in [5, 5.41) is 0.426. The van der Waals surface area contributed by atoms with Gasteiger partial charge in [-0.2, -0.15) is 0 Å². The quantitative estimate of drug-likeness (QED) is 0.530. The Bertz CT molecular complexity index is 304. The van der Waals surface area contributed by atoms with Crippen LogP contribution in [-0.2, 0) is 11.3 Å². The number of aryl methyl sites for hydroxylation is 1. The van der Waals surface area contributed by atoms with Crippen LogP contribution < -0.4 is 0 Å². The van der Waals surface area contributed by atoms with Gasteiger partial charge in [0.25, 0.3) is 0 Å². The van der Waals surface area contributed by atoms with Gasteiger partial charge in [0.2, 0.25) is 0 Å². The molecule has 0 bridgehead atoms. The van der Waals surface area contributed by atoms with E-state index in [1.54, 1.807) is 12.4 Å². The predicted molar refractivity (Wildman–Crippen MR) is 48.0 cm³/mol. The summed E-state index contributed by atoms with van der Waals surface area (Å²) >= 11 is 5.76. The van der Waals surface area contributed by atoms with Crippen molar-refractivity contribution in [1.29, 1.82) is 0 Å². The van der Waals surface area contributed by atoms with E-state index in [2.05, 4.69) is 4.98 Å². The van der Waals surface area contributed by atoms with E-state index in [0.29, 0.717) is 11.4 Å². The molecule has 0 atom stereocenters. The molecule has 0 fully saturated rings. The monoisotopic (exact) mass is 184 g/mol. The van der Waals surface area contributed by atoms with E-state index in [9.17, 15) is 4.79 Å². The van der Waals surface area contributed by atoms with E-state index in [0.717, 1.165) is 12.2 Å². The number of aldehydes is 1. The van der Waals surface area contributed by atoms with Crippen LogP contribution in [0.3, 0.4) is 0 Å². The molecule has 12 heavy (non-hydrogen) atoms. The molecule has 0 aromatic carbocycles. The number of carbonyl (C=O) groups excluding carboxylic acids is 1. The number of imidazole rings is 1. The van der Waals surface area contributed by atoms with Gasteiger partial charge >= 0.3 is 0 Å². The fourth-order valence-electron chi connectivity index (χ4n) is 0.914. The molecule has 0 N–H and O–H groups in total. The lowest BCUT2D eigenvalue weighted by molar-refractivity contribution is -0.104. The Kier molecular flexibility index (Phi) is 3.05.